The number of aromatic nitrogens is 2. The van der Waals surface area contributed by atoms with Crippen LogP contribution in [-0.2, 0) is 13.0 Å². The fourth-order valence-corrected chi connectivity index (χ4v) is 2.37. The average molecular weight is 272 g/mol. The highest BCUT2D eigenvalue weighted by atomic mass is 16.3. The van der Waals surface area contributed by atoms with Gasteiger partial charge in [0.2, 0.25) is 5.88 Å². The molecule has 0 radical (unpaired) electrons. The fourth-order valence-electron chi connectivity index (χ4n) is 2.37. The molecule has 1 aromatic carbocycles. The molecule has 3 heteroatoms. The first-order valence-electron chi connectivity index (χ1n) is 7.62. The van der Waals surface area contributed by atoms with Gasteiger partial charge in [0.1, 0.15) is 0 Å². The van der Waals surface area contributed by atoms with Gasteiger partial charge in [-0.2, -0.15) is 5.10 Å². The van der Waals surface area contributed by atoms with Crippen LogP contribution in [0.3, 0.4) is 0 Å². The SMILES string of the molecule is CCCCc1c(-c2ccccc2)nn(CCCC)c1O. The smallest absolute Gasteiger partial charge is 0.213 e. The highest BCUT2D eigenvalue weighted by Crippen LogP contribution is 2.31. The Kier molecular flexibility index (Phi) is 5.22. The van der Waals surface area contributed by atoms with E-state index >= 15 is 0 Å². The van der Waals surface area contributed by atoms with Gasteiger partial charge in [-0.3, -0.25) is 0 Å². The molecule has 108 valence electrons. The molecule has 2 rings (SSSR count). The zero-order valence-corrected chi connectivity index (χ0v) is 12.5. The van der Waals surface area contributed by atoms with Crippen LogP contribution in [0, 0.1) is 0 Å². The summed E-state index contributed by atoms with van der Waals surface area (Å²) in [7, 11) is 0. The van der Waals surface area contributed by atoms with Gasteiger partial charge in [0.25, 0.3) is 0 Å². The molecule has 1 heterocycles. The molecular weight excluding hydrogens is 248 g/mol. The Hall–Kier alpha value is -1.77. The van der Waals surface area contributed by atoms with E-state index in [-0.39, 0.29) is 0 Å². The van der Waals surface area contributed by atoms with Crippen molar-refractivity contribution in [3.8, 4) is 17.1 Å². The number of aromatic hydroxyl groups is 1. The summed E-state index contributed by atoms with van der Waals surface area (Å²) in [5.74, 6) is 0.353. The normalized spacial score (nSPS) is 10.9. The van der Waals surface area contributed by atoms with Crippen molar-refractivity contribution >= 4 is 0 Å². The topological polar surface area (TPSA) is 38.0 Å². The number of rotatable bonds is 7. The zero-order chi connectivity index (χ0) is 14.4. The van der Waals surface area contributed by atoms with E-state index in [4.69, 9.17) is 0 Å². The van der Waals surface area contributed by atoms with Crippen molar-refractivity contribution < 1.29 is 5.11 Å². The number of nitrogens with zero attached hydrogens (tertiary/aromatic N) is 2. The predicted molar refractivity (Wildman–Crippen MR) is 82.8 cm³/mol. The lowest BCUT2D eigenvalue weighted by Crippen LogP contribution is -1.99. The molecule has 0 fully saturated rings. The quantitative estimate of drug-likeness (QED) is 0.811. The van der Waals surface area contributed by atoms with Crippen molar-refractivity contribution in [2.24, 2.45) is 0 Å². The van der Waals surface area contributed by atoms with Gasteiger partial charge >= 0.3 is 0 Å². The number of hydrogen-bond donors (Lipinski definition) is 1. The minimum Gasteiger partial charge on any atom is -0.493 e. The highest BCUT2D eigenvalue weighted by molar-refractivity contribution is 5.65. The van der Waals surface area contributed by atoms with Gasteiger partial charge in [0, 0.05) is 17.7 Å². The third kappa shape index (κ3) is 3.21. The molecule has 0 saturated heterocycles. The van der Waals surface area contributed by atoms with Gasteiger partial charge in [-0.15, -0.1) is 0 Å². The van der Waals surface area contributed by atoms with Gasteiger partial charge in [0.15, 0.2) is 0 Å². The second kappa shape index (κ2) is 7.13. The van der Waals surface area contributed by atoms with E-state index in [0.717, 1.165) is 55.5 Å². The second-order valence-electron chi connectivity index (χ2n) is 5.20. The molecule has 0 amide bonds. The summed E-state index contributed by atoms with van der Waals surface area (Å²) in [5.41, 5.74) is 3.02. The van der Waals surface area contributed by atoms with E-state index in [1.54, 1.807) is 4.68 Å². The van der Waals surface area contributed by atoms with Gasteiger partial charge in [-0.1, -0.05) is 57.0 Å². The fraction of sp³-hybridized carbons (Fsp3) is 0.471. The van der Waals surface area contributed by atoms with E-state index in [1.165, 1.54) is 0 Å². The van der Waals surface area contributed by atoms with Crippen molar-refractivity contribution in [1.82, 2.24) is 9.78 Å². The second-order valence-corrected chi connectivity index (χ2v) is 5.20. The van der Waals surface area contributed by atoms with Gasteiger partial charge in [-0.25, -0.2) is 4.68 Å². The molecule has 0 aliphatic carbocycles. The van der Waals surface area contributed by atoms with E-state index in [2.05, 4.69) is 31.1 Å². The summed E-state index contributed by atoms with van der Waals surface area (Å²) in [4.78, 5) is 0. The molecule has 3 nitrogen and oxygen atoms in total. The lowest BCUT2D eigenvalue weighted by Gasteiger charge is -2.03. The first kappa shape index (κ1) is 14.6. The Morgan fingerprint density at radius 1 is 1.05 bits per heavy atom. The van der Waals surface area contributed by atoms with Crippen LogP contribution in [-0.4, -0.2) is 14.9 Å². The maximum atomic E-state index is 10.4. The molecule has 20 heavy (non-hydrogen) atoms. The predicted octanol–water partition coefficient (Wildman–Crippen LogP) is 4.40. The van der Waals surface area contributed by atoms with Crippen LogP contribution in [0.2, 0.25) is 0 Å². The minimum absolute atomic E-state index is 0.353. The summed E-state index contributed by atoms with van der Waals surface area (Å²) in [6.45, 7) is 5.10. The van der Waals surface area contributed by atoms with Gasteiger partial charge < -0.3 is 5.11 Å². The maximum Gasteiger partial charge on any atom is 0.213 e. The Balaban J connectivity index is 2.37. The number of hydrogen-bond acceptors (Lipinski definition) is 2. The lowest BCUT2D eigenvalue weighted by molar-refractivity contribution is 0.389. The van der Waals surface area contributed by atoms with Crippen LogP contribution >= 0.6 is 0 Å². The van der Waals surface area contributed by atoms with Crippen molar-refractivity contribution in [3.05, 3.63) is 35.9 Å². The molecule has 0 aliphatic heterocycles. The van der Waals surface area contributed by atoms with E-state index < -0.39 is 0 Å². The molecule has 0 atom stereocenters. The average Bonchev–Trinajstić information content (AvgIpc) is 2.80. The molecule has 0 unspecified atom stereocenters. The molecule has 0 saturated carbocycles. The number of unbranched alkanes of at least 4 members (excludes halogenated alkanes) is 2. The summed E-state index contributed by atoms with van der Waals surface area (Å²) >= 11 is 0. The molecule has 1 N–H and O–H groups in total. The molecule has 0 spiro atoms. The van der Waals surface area contributed by atoms with Crippen molar-refractivity contribution in [1.29, 1.82) is 0 Å². The van der Waals surface area contributed by atoms with E-state index in [0.29, 0.717) is 5.88 Å². The van der Waals surface area contributed by atoms with E-state index in [9.17, 15) is 5.11 Å². The largest absolute Gasteiger partial charge is 0.493 e. The van der Waals surface area contributed by atoms with Crippen molar-refractivity contribution in [2.75, 3.05) is 0 Å². The van der Waals surface area contributed by atoms with Crippen LogP contribution in [0.5, 0.6) is 5.88 Å². The van der Waals surface area contributed by atoms with Crippen LogP contribution < -0.4 is 0 Å². The molecule has 2 aromatic rings. The summed E-state index contributed by atoms with van der Waals surface area (Å²) < 4.78 is 1.76. The zero-order valence-electron chi connectivity index (χ0n) is 12.5. The molecule has 1 aromatic heterocycles. The lowest BCUT2D eigenvalue weighted by atomic mass is 10.0. The minimum atomic E-state index is 0.353. The third-order valence-electron chi connectivity index (χ3n) is 3.57. The summed E-state index contributed by atoms with van der Waals surface area (Å²) in [5, 5.41) is 15.1. The third-order valence-corrected chi connectivity index (χ3v) is 3.57. The number of benzene rings is 1. The molecule has 0 aliphatic rings. The van der Waals surface area contributed by atoms with Crippen molar-refractivity contribution in [2.45, 2.75) is 52.5 Å². The Morgan fingerprint density at radius 3 is 2.40 bits per heavy atom. The summed E-state index contributed by atoms with van der Waals surface area (Å²) in [6, 6.07) is 10.1. The monoisotopic (exact) mass is 272 g/mol. The Labute approximate surface area is 121 Å². The van der Waals surface area contributed by atoms with E-state index in [1.807, 2.05) is 18.2 Å². The van der Waals surface area contributed by atoms with Gasteiger partial charge in [0.05, 0.1) is 5.69 Å². The van der Waals surface area contributed by atoms with Crippen molar-refractivity contribution in [3.63, 3.8) is 0 Å². The summed E-state index contributed by atoms with van der Waals surface area (Å²) in [6.07, 6.45) is 5.22. The Morgan fingerprint density at radius 2 is 1.75 bits per heavy atom. The van der Waals surface area contributed by atoms with Crippen LogP contribution in [0.15, 0.2) is 30.3 Å². The first-order valence-corrected chi connectivity index (χ1v) is 7.62. The highest BCUT2D eigenvalue weighted by Gasteiger charge is 2.17. The van der Waals surface area contributed by atoms with Crippen LogP contribution in [0.4, 0.5) is 0 Å². The number of aryl methyl sites for hydroxylation is 1. The van der Waals surface area contributed by atoms with Crippen LogP contribution in [0.25, 0.3) is 11.3 Å². The Bertz CT molecular complexity index is 531. The maximum absolute atomic E-state index is 10.4. The standard InChI is InChI=1S/C17H24N2O/c1-3-5-12-15-16(14-10-8-7-9-11-14)18-19(17(15)20)13-6-4-2/h7-11,20H,3-6,12-13H2,1-2H3. The first-order chi connectivity index (χ1) is 9.77. The van der Waals surface area contributed by atoms with Crippen LogP contribution in [0.1, 0.15) is 45.1 Å². The van der Waals surface area contributed by atoms with Gasteiger partial charge in [-0.05, 0) is 19.3 Å². The molecule has 0 bridgehead atoms. The molecular formula is C17H24N2O.